The van der Waals surface area contributed by atoms with Crippen LogP contribution in [0.15, 0.2) is 42.6 Å². The SMILES string of the molecule is COc1ccc(C(=O)c2c[nH]c3cc(Cl)ccc23)cc1N. The number of fused-ring (bicyclic) bond motifs is 1. The van der Waals surface area contributed by atoms with Crippen LogP contribution in [0.25, 0.3) is 10.9 Å². The Morgan fingerprint density at radius 2 is 2.05 bits per heavy atom. The van der Waals surface area contributed by atoms with Gasteiger partial charge < -0.3 is 15.5 Å². The number of aromatic amines is 1. The van der Waals surface area contributed by atoms with E-state index in [1.54, 1.807) is 36.5 Å². The van der Waals surface area contributed by atoms with Crippen LogP contribution in [0.2, 0.25) is 5.02 Å². The van der Waals surface area contributed by atoms with E-state index in [0.29, 0.717) is 27.6 Å². The Morgan fingerprint density at radius 1 is 1.24 bits per heavy atom. The van der Waals surface area contributed by atoms with Crippen LogP contribution in [0.3, 0.4) is 0 Å². The fraction of sp³-hybridized carbons (Fsp3) is 0.0625. The Kier molecular flexibility index (Phi) is 3.31. The van der Waals surface area contributed by atoms with E-state index in [0.717, 1.165) is 10.9 Å². The summed E-state index contributed by atoms with van der Waals surface area (Å²) in [5, 5.41) is 1.45. The van der Waals surface area contributed by atoms with Crippen molar-refractivity contribution in [3.8, 4) is 5.75 Å². The van der Waals surface area contributed by atoms with Gasteiger partial charge in [-0.3, -0.25) is 4.79 Å². The normalized spacial score (nSPS) is 10.8. The van der Waals surface area contributed by atoms with Crippen molar-refractivity contribution >= 4 is 34.0 Å². The number of methoxy groups -OCH3 is 1. The van der Waals surface area contributed by atoms with Crippen LogP contribution < -0.4 is 10.5 Å². The van der Waals surface area contributed by atoms with Crippen molar-refractivity contribution in [1.29, 1.82) is 0 Å². The van der Waals surface area contributed by atoms with Crippen molar-refractivity contribution in [2.75, 3.05) is 12.8 Å². The van der Waals surface area contributed by atoms with Crippen LogP contribution in [-0.4, -0.2) is 17.9 Å². The molecule has 3 aromatic rings. The predicted octanol–water partition coefficient (Wildman–Crippen LogP) is 3.64. The van der Waals surface area contributed by atoms with Gasteiger partial charge in [-0.1, -0.05) is 17.7 Å². The van der Waals surface area contributed by atoms with Crippen LogP contribution in [0.4, 0.5) is 5.69 Å². The zero-order valence-corrected chi connectivity index (χ0v) is 12.1. The van der Waals surface area contributed by atoms with Gasteiger partial charge in [-0.05, 0) is 30.3 Å². The molecule has 0 saturated carbocycles. The van der Waals surface area contributed by atoms with E-state index >= 15 is 0 Å². The molecule has 1 heterocycles. The number of anilines is 1. The summed E-state index contributed by atoms with van der Waals surface area (Å²) in [6.45, 7) is 0. The van der Waals surface area contributed by atoms with Gasteiger partial charge in [0.2, 0.25) is 0 Å². The Hall–Kier alpha value is -2.46. The van der Waals surface area contributed by atoms with Gasteiger partial charge in [0.05, 0.1) is 12.8 Å². The molecule has 0 atom stereocenters. The molecule has 0 bridgehead atoms. The number of nitrogen functional groups attached to an aromatic ring is 1. The van der Waals surface area contributed by atoms with Crippen molar-refractivity contribution in [3.05, 3.63) is 58.7 Å². The molecule has 0 unspecified atom stereocenters. The second-order valence-electron chi connectivity index (χ2n) is 4.68. The summed E-state index contributed by atoms with van der Waals surface area (Å²) in [5.74, 6) is 0.454. The maximum Gasteiger partial charge on any atom is 0.195 e. The zero-order chi connectivity index (χ0) is 15.0. The van der Waals surface area contributed by atoms with Gasteiger partial charge in [0.15, 0.2) is 5.78 Å². The van der Waals surface area contributed by atoms with Gasteiger partial charge >= 0.3 is 0 Å². The average molecular weight is 301 g/mol. The molecule has 3 rings (SSSR count). The second-order valence-corrected chi connectivity index (χ2v) is 5.11. The van der Waals surface area contributed by atoms with Crippen molar-refractivity contribution in [1.82, 2.24) is 4.98 Å². The topological polar surface area (TPSA) is 68.1 Å². The molecule has 1 aromatic heterocycles. The summed E-state index contributed by atoms with van der Waals surface area (Å²) in [6, 6.07) is 10.4. The minimum atomic E-state index is -0.0991. The van der Waals surface area contributed by atoms with E-state index in [1.165, 1.54) is 7.11 Å². The zero-order valence-electron chi connectivity index (χ0n) is 11.3. The first kappa shape index (κ1) is 13.5. The molecule has 3 N–H and O–H groups in total. The minimum absolute atomic E-state index is 0.0991. The largest absolute Gasteiger partial charge is 0.495 e. The van der Waals surface area contributed by atoms with Gasteiger partial charge in [-0.25, -0.2) is 0 Å². The molecule has 4 nitrogen and oxygen atoms in total. The van der Waals surface area contributed by atoms with Crippen LogP contribution in [0.5, 0.6) is 5.75 Å². The van der Waals surface area contributed by atoms with Crippen molar-refractivity contribution in [2.45, 2.75) is 0 Å². The average Bonchev–Trinajstić information content (AvgIpc) is 2.89. The molecular weight excluding hydrogens is 288 g/mol. The van der Waals surface area contributed by atoms with E-state index in [2.05, 4.69) is 4.98 Å². The third-order valence-corrected chi connectivity index (χ3v) is 3.62. The third kappa shape index (κ3) is 2.34. The summed E-state index contributed by atoms with van der Waals surface area (Å²) in [7, 11) is 1.54. The van der Waals surface area contributed by atoms with E-state index in [-0.39, 0.29) is 5.78 Å². The van der Waals surface area contributed by atoms with Crippen molar-refractivity contribution in [3.63, 3.8) is 0 Å². The molecule has 0 fully saturated rings. The third-order valence-electron chi connectivity index (χ3n) is 3.38. The molecule has 0 amide bonds. The number of rotatable bonds is 3. The quantitative estimate of drug-likeness (QED) is 0.573. The fourth-order valence-electron chi connectivity index (χ4n) is 2.32. The van der Waals surface area contributed by atoms with Gasteiger partial charge in [-0.2, -0.15) is 0 Å². The number of benzene rings is 2. The number of carbonyl (C=O) groups is 1. The minimum Gasteiger partial charge on any atom is -0.495 e. The number of hydrogen-bond donors (Lipinski definition) is 2. The number of ketones is 1. The lowest BCUT2D eigenvalue weighted by Crippen LogP contribution is -2.02. The molecular formula is C16H13ClN2O2. The number of ether oxygens (including phenoxy) is 1. The number of hydrogen-bond acceptors (Lipinski definition) is 3. The Labute approximate surface area is 126 Å². The maximum atomic E-state index is 12.6. The number of halogens is 1. The highest BCUT2D eigenvalue weighted by Gasteiger charge is 2.15. The molecule has 0 radical (unpaired) electrons. The maximum absolute atomic E-state index is 12.6. The van der Waals surface area contributed by atoms with E-state index in [4.69, 9.17) is 22.1 Å². The Morgan fingerprint density at radius 3 is 2.76 bits per heavy atom. The molecule has 0 aliphatic heterocycles. The number of nitrogens with one attached hydrogen (secondary N) is 1. The first-order valence-electron chi connectivity index (χ1n) is 6.35. The molecule has 21 heavy (non-hydrogen) atoms. The van der Waals surface area contributed by atoms with Gasteiger partial charge in [-0.15, -0.1) is 0 Å². The van der Waals surface area contributed by atoms with Crippen molar-refractivity contribution < 1.29 is 9.53 Å². The Bertz CT molecular complexity index is 839. The molecule has 0 aliphatic carbocycles. The van der Waals surface area contributed by atoms with Gasteiger partial charge in [0.1, 0.15) is 5.75 Å². The van der Waals surface area contributed by atoms with E-state index < -0.39 is 0 Å². The lowest BCUT2D eigenvalue weighted by Gasteiger charge is -2.06. The first-order chi connectivity index (χ1) is 10.1. The molecule has 0 saturated heterocycles. The smallest absolute Gasteiger partial charge is 0.195 e. The molecule has 2 aromatic carbocycles. The summed E-state index contributed by atoms with van der Waals surface area (Å²) in [5.41, 5.74) is 8.22. The van der Waals surface area contributed by atoms with Crippen LogP contribution >= 0.6 is 11.6 Å². The number of carbonyl (C=O) groups excluding carboxylic acids is 1. The highest BCUT2D eigenvalue weighted by atomic mass is 35.5. The first-order valence-corrected chi connectivity index (χ1v) is 6.73. The van der Waals surface area contributed by atoms with Crippen LogP contribution in [0.1, 0.15) is 15.9 Å². The molecule has 106 valence electrons. The number of nitrogens with two attached hydrogens (primary N) is 1. The summed E-state index contributed by atoms with van der Waals surface area (Å²) < 4.78 is 5.10. The van der Waals surface area contributed by atoms with Crippen LogP contribution in [-0.2, 0) is 0 Å². The summed E-state index contributed by atoms with van der Waals surface area (Å²) in [4.78, 5) is 15.7. The second kappa shape index (κ2) is 5.14. The monoisotopic (exact) mass is 300 g/mol. The standard InChI is InChI=1S/C16H13ClN2O2/c1-21-15-5-2-9(6-13(15)18)16(20)12-8-19-14-7-10(17)3-4-11(12)14/h2-8,19H,18H2,1H3. The number of aromatic nitrogens is 1. The van der Waals surface area contributed by atoms with Gasteiger partial charge in [0, 0.05) is 33.2 Å². The van der Waals surface area contributed by atoms with Gasteiger partial charge in [0.25, 0.3) is 0 Å². The number of H-pyrrole nitrogens is 1. The fourth-order valence-corrected chi connectivity index (χ4v) is 2.49. The lowest BCUT2D eigenvalue weighted by molar-refractivity contribution is 0.104. The molecule has 0 spiro atoms. The van der Waals surface area contributed by atoms with E-state index in [1.807, 2.05) is 6.07 Å². The molecule has 0 aliphatic rings. The summed E-state index contributed by atoms with van der Waals surface area (Å²) in [6.07, 6.45) is 1.68. The Balaban J connectivity index is 2.06. The lowest BCUT2D eigenvalue weighted by atomic mass is 10.0. The molecule has 5 heteroatoms. The highest BCUT2D eigenvalue weighted by Crippen LogP contribution is 2.27. The van der Waals surface area contributed by atoms with Crippen LogP contribution in [0, 0.1) is 0 Å². The highest BCUT2D eigenvalue weighted by molar-refractivity contribution is 6.31. The van der Waals surface area contributed by atoms with E-state index in [9.17, 15) is 4.79 Å². The predicted molar refractivity (Wildman–Crippen MR) is 84.1 cm³/mol. The van der Waals surface area contributed by atoms with Crippen molar-refractivity contribution in [2.24, 2.45) is 0 Å². The summed E-state index contributed by atoms with van der Waals surface area (Å²) >= 11 is 5.94.